The largest absolute Gasteiger partial charge is 0.370 e. The first-order valence-electron chi connectivity index (χ1n) is 7.54. The van der Waals surface area contributed by atoms with Crippen LogP contribution in [0.2, 0.25) is 0 Å². The summed E-state index contributed by atoms with van der Waals surface area (Å²) in [6, 6.07) is 12.6. The SMILES string of the molecule is I.NC(=NCc1ccc([N+](=O)[O-])cc1)Nc1ccc2c(c1)CCC2. The van der Waals surface area contributed by atoms with Crippen LogP contribution in [-0.2, 0) is 19.4 Å². The number of hydrogen-bond acceptors (Lipinski definition) is 3. The number of anilines is 1. The Balaban J connectivity index is 0.00000208. The van der Waals surface area contributed by atoms with Crippen molar-refractivity contribution in [3.63, 3.8) is 0 Å². The number of guanidine groups is 1. The van der Waals surface area contributed by atoms with Crippen molar-refractivity contribution in [1.82, 2.24) is 0 Å². The molecule has 7 heteroatoms. The van der Waals surface area contributed by atoms with Gasteiger partial charge in [0.25, 0.3) is 5.69 Å². The minimum Gasteiger partial charge on any atom is -0.370 e. The van der Waals surface area contributed by atoms with E-state index in [-0.39, 0.29) is 29.7 Å². The summed E-state index contributed by atoms with van der Waals surface area (Å²) in [5.41, 5.74) is 10.6. The van der Waals surface area contributed by atoms with E-state index in [1.165, 1.54) is 29.7 Å². The molecular formula is C17H19IN4O2. The Hall–Kier alpha value is -2.16. The molecule has 3 rings (SSSR count). The molecule has 0 spiro atoms. The van der Waals surface area contributed by atoms with Crippen LogP contribution in [0, 0.1) is 10.1 Å². The van der Waals surface area contributed by atoms with Gasteiger partial charge in [0.2, 0.25) is 0 Å². The Kier molecular flexibility index (Phi) is 6.13. The van der Waals surface area contributed by atoms with Gasteiger partial charge in [-0.05, 0) is 48.1 Å². The number of nitrogens with one attached hydrogen (secondary N) is 1. The number of nitrogens with zero attached hydrogens (tertiary/aromatic N) is 2. The summed E-state index contributed by atoms with van der Waals surface area (Å²) in [5.74, 6) is 0.335. The van der Waals surface area contributed by atoms with Gasteiger partial charge in [0.1, 0.15) is 0 Å². The fraction of sp³-hybridized carbons (Fsp3) is 0.235. The Morgan fingerprint density at radius 3 is 2.58 bits per heavy atom. The first-order valence-corrected chi connectivity index (χ1v) is 7.54. The summed E-state index contributed by atoms with van der Waals surface area (Å²) in [5, 5.41) is 13.7. The summed E-state index contributed by atoms with van der Waals surface area (Å²) in [7, 11) is 0. The normalized spacial score (nSPS) is 13.1. The molecule has 0 amide bonds. The summed E-state index contributed by atoms with van der Waals surface area (Å²) in [6.07, 6.45) is 3.48. The van der Waals surface area contributed by atoms with E-state index in [2.05, 4.69) is 22.4 Å². The Labute approximate surface area is 157 Å². The van der Waals surface area contributed by atoms with Crippen LogP contribution < -0.4 is 11.1 Å². The van der Waals surface area contributed by atoms with E-state index in [1.807, 2.05) is 6.07 Å². The lowest BCUT2D eigenvalue weighted by Gasteiger charge is -2.08. The molecule has 0 atom stereocenters. The maximum atomic E-state index is 10.6. The molecule has 1 aliphatic rings. The molecule has 1 aliphatic carbocycles. The molecular weight excluding hydrogens is 419 g/mol. The van der Waals surface area contributed by atoms with Crippen molar-refractivity contribution in [1.29, 1.82) is 0 Å². The van der Waals surface area contributed by atoms with Crippen molar-refractivity contribution in [3.8, 4) is 0 Å². The monoisotopic (exact) mass is 438 g/mol. The zero-order valence-electron chi connectivity index (χ0n) is 13.1. The van der Waals surface area contributed by atoms with Gasteiger partial charge >= 0.3 is 0 Å². The lowest BCUT2D eigenvalue weighted by Crippen LogP contribution is -2.22. The Morgan fingerprint density at radius 2 is 1.88 bits per heavy atom. The first-order chi connectivity index (χ1) is 11.1. The highest BCUT2D eigenvalue weighted by molar-refractivity contribution is 14.0. The number of halogens is 1. The average Bonchev–Trinajstić information content (AvgIpc) is 3.01. The third-order valence-electron chi connectivity index (χ3n) is 3.95. The standard InChI is InChI=1S/C17H18N4O2.HI/c18-17(19-11-12-4-8-16(9-5-12)21(22)23)20-15-7-6-13-2-1-3-14(13)10-15;/h4-10H,1-3,11H2,(H3,18,19,20);1H. The van der Waals surface area contributed by atoms with Gasteiger partial charge in [0, 0.05) is 17.8 Å². The van der Waals surface area contributed by atoms with Crippen LogP contribution in [0.15, 0.2) is 47.5 Å². The minimum atomic E-state index is -0.420. The van der Waals surface area contributed by atoms with E-state index < -0.39 is 4.92 Å². The maximum Gasteiger partial charge on any atom is 0.269 e. The molecule has 0 aromatic heterocycles. The average molecular weight is 438 g/mol. The van der Waals surface area contributed by atoms with Crippen LogP contribution in [0.25, 0.3) is 0 Å². The second-order valence-electron chi connectivity index (χ2n) is 5.59. The van der Waals surface area contributed by atoms with Crippen molar-refractivity contribution in [2.45, 2.75) is 25.8 Å². The van der Waals surface area contributed by atoms with Gasteiger partial charge < -0.3 is 11.1 Å². The molecule has 6 nitrogen and oxygen atoms in total. The molecule has 0 radical (unpaired) electrons. The lowest BCUT2D eigenvalue weighted by atomic mass is 10.1. The van der Waals surface area contributed by atoms with Gasteiger partial charge in [-0.15, -0.1) is 24.0 Å². The van der Waals surface area contributed by atoms with Gasteiger partial charge in [0.05, 0.1) is 11.5 Å². The number of rotatable bonds is 4. The van der Waals surface area contributed by atoms with Crippen LogP contribution >= 0.6 is 24.0 Å². The van der Waals surface area contributed by atoms with Gasteiger partial charge in [-0.25, -0.2) is 4.99 Å². The van der Waals surface area contributed by atoms with Crippen molar-refractivity contribution in [2.24, 2.45) is 10.7 Å². The van der Waals surface area contributed by atoms with Crippen molar-refractivity contribution < 1.29 is 4.92 Å². The molecule has 0 heterocycles. The minimum absolute atomic E-state index is 0. The molecule has 0 unspecified atom stereocenters. The van der Waals surface area contributed by atoms with Crippen molar-refractivity contribution in [2.75, 3.05) is 5.32 Å². The van der Waals surface area contributed by atoms with E-state index >= 15 is 0 Å². The number of fused-ring (bicyclic) bond motifs is 1. The fourth-order valence-electron chi connectivity index (χ4n) is 2.74. The predicted octanol–water partition coefficient (Wildman–Crippen LogP) is 3.63. The number of nitro benzene ring substituents is 1. The number of aryl methyl sites for hydroxylation is 2. The Bertz CT molecular complexity index is 760. The van der Waals surface area contributed by atoms with Gasteiger partial charge in [-0.2, -0.15) is 0 Å². The van der Waals surface area contributed by atoms with Crippen LogP contribution in [0.1, 0.15) is 23.1 Å². The summed E-state index contributed by atoms with van der Waals surface area (Å²) in [6.45, 7) is 0.377. The maximum absolute atomic E-state index is 10.6. The first kappa shape index (κ1) is 18.2. The second-order valence-corrected chi connectivity index (χ2v) is 5.59. The topological polar surface area (TPSA) is 93.5 Å². The molecule has 126 valence electrons. The molecule has 0 saturated heterocycles. The van der Waals surface area contributed by atoms with Gasteiger partial charge in [-0.3, -0.25) is 10.1 Å². The number of nitro groups is 1. The molecule has 0 fully saturated rings. The number of hydrogen-bond donors (Lipinski definition) is 2. The predicted molar refractivity (Wildman–Crippen MR) is 106 cm³/mol. The van der Waals surface area contributed by atoms with E-state index in [9.17, 15) is 10.1 Å². The highest BCUT2D eigenvalue weighted by Crippen LogP contribution is 2.24. The highest BCUT2D eigenvalue weighted by atomic mass is 127. The third-order valence-corrected chi connectivity index (χ3v) is 3.95. The van der Waals surface area contributed by atoms with Crippen molar-refractivity contribution in [3.05, 3.63) is 69.3 Å². The van der Waals surface area contributed by atoms with Crippen LogP contribution in [-0.4, -0.2) is 10.9 Å². The summed E-state index contributed by atoms with van der Waals surface area (Å²) < 4.78 is 0. The molecule has 2 aromatic carbocycles. The van der Waals surface area contributed by atoms with E-state index in [0.717, 1.165) is 24.1 Å². The highest BCUT2D eigenvalue weighted by Gasteiger charge is 2.10. The molecule has 3 N–H and O–H groups in total. The number of aliphatic imine (C=N–C) groups is 1. The Morgan fingerprint density at radius 1 is 1.17 bits per heavy atom. The molecule has 24 heavy (non-hydrogen) atoms. The second kappa shape index (κ2) is 8.09. The molecule has 2 aromatic rings. The summed E-state index contributed by atoms with van der Waals surface area (Å²) >= 11 is 0. The van der Waals surface area contributed by atoms with Crippen molar-refractivity contribution >= 4 is 41.3 Å². The van der Waals surface area contributed by atoms with E-state index in [1.54, 1.807) is 12.1 Å². The quantitative estimate of drug-likeness (QED) is 0.251. The number of nitrogens with two attached hydrogens (primary N) is 1. The molecule has 0 aliphatic heterocycles. The molecule has 0 saturated carbocycles. The smallest absolute Gasteiger partial charge is 0.269 e. The lowest BCUT2D eigenvalue weighted by molar-refractivity contribution is -0.384. The summed E-state index contributed by atoms with van der Waals surface area (Å²) in [4.78, 5) is 14.5. The fourth-order valence-corrected chi connectivity index (χ4v) is 2.74. The number of benzene rings is 2. The zero-order chi connectivity index (χ0) is 16.2. The third kappa shape index (κ3) is 4.44. The zero-order valence-corrected chi connectivity index (χ0v) is 15.4. The van der Waals surface area contributed by atoms with Crippen LogP contribution in [0.5, 0.6) is 0 Å². The van der Waals surface area contributed by atoms with Crippen LogP contribution in [0.4, 0.5) is 11.4 Å². The van der Waals surface area contributed by atoms with Gasteiger partial charge in [-0.1, -0.05) is 18.2 Å². The van der Waals surface area contributed by atoms with Crippen LogP contribution in [0.3, 0.4) is 0 Å². The van der Waals surface area contributed by atoms with E-state index in [0.29, 0.717) is 12.5 Å². The molecule has 0 bridgehead atoms. The van der Waals surface area contributed by atoms with E-state index in [4.69, 9.17) is 5.73 Å². The van der Waals surface area contributed by atoms with Gasteiger partial charge in [0.15, 0.2) is 5.96 Å². The number of non-ortho nitro benzene ring substituents is 1.